The molecule has 2 aliphatic carbocycles. The van der Waals surface area contributed by atoms with Crippen LogP contribution in [-0.2, 0) is 13.1 Å². The van der Waals surface area contributed by atoms with Crippen molar-refractivity contribution >= 4 is 11.0 Å². The van der Waals surface area contributed by atoms with Crippen molar-refractivity contribution in [2.75, 3.05) is 0 Å². The minimum absolute atomic E-state index is 0.603. The van der Waals surface area contributed by atoms with Crippen LogP contribution in [0.4, 0.5) is 0 Å². The predicted octanol–water partition coefficient (Wildman–Crippen LogP) is 2.93. The largest absolute Gasteiger partial charge is 0.332 e. The summed E-state index contributed by atoms with van der Waals surface area (Å²) in [5.74, 6) is 2.84. The molecule has 0 amide bonds. The molecule has 19 heavy (non-hydrogen) atoms. The zero-order valence-electron chi connectivity index (χ0n) is 11.3. The minimum Gasteiger partial charge on any atom is -0.332 e. The molecular weight excluding hydrogens is 234 g/mol. The van der Waals surface area contributed by atoms with Gasteiger partial charge in [-0.2, -0.15) is 0 Å². The van der Waals surface area contributed by atoms with E-state index in [0.717, 1.165) is 29.9 Å². The zero-order valence-corrected chi connectivity index (χ0v) is 11.3. The molecule has 2 saturated carbocycles. The molecule has 0 radical (unpaired) electrons. The van der Waals surface area contributed by atoms with Crippen molar-refractivity contribution in [3.63, 3.8) is 0 Å². The minimum atomic E-state index is 0.603. The summed E-state index contributed by atoms with van der Waals surface area (Å²) in [4.78, 5) is 4.56. The van der Waals surface area contributed by atoms with E-state index in [-0.39, 0.29) is 0 Å². The fraction of sp³-hybridized carbons (Fsp3) is 0.562. The molecule has 2 aliphatic rings. The first-order valence-electron chi connectivity index (χ1n) is 7.48. The first kappa shape index (κ1) is 11.5. The SMILES string of the molecule is NCc1cn(CC2CC3CCC2C3)c2ncccc12. The number of aromatic nitrogens is 2. The van der Waals surface area contributed by atoms with Gasteiger partial charge in [0, 0.05) is 30.9 Å². The van der Waals surface area contributed by atoms with Gasteiger partial charge in [0.25, 0.3) is 0 Å². The summed E-state index contributed by atoms with van der Waals surface area (Å²) < 4.78 is 2.35. The van der Waals surface area contributed by atoms with E-state index in [1.54, 1.807) is 0 Å². The first-order valence-corrected chi connectivity index (χ1v) is 7.48. The van der Waals surface area contributed by atoms with Crippen molar-refractivity contribution in [1.82, 2.24) is 9.55 Å². The highest BCUT2D eigenvalue weighted by Gasteiger charge is 2.39. The van der Waals surface area contributed by atoms with Crippen LogP contribution in [0.3, 0.4) is 0 Å². The third-order valence-corrected chi connectivity index (χ3v) is 5.25. The number of rotatable bonds is 3. The third kappa shape index (κ3) is 1.79. The molecule has 3 nitrogen and oxygen atoms in total. The van der Waals surface area contributed by atoms with Crippen LogP contribution in [-0.4, -0.2) is 9.55 Å². The van der Waals surface area contributed by atoms with Gasteiger partial charge < -0.3 is 10.3 Å². The molecule has 0 spiro atoms. The third-order valence-electron chi connectivity index (χ3n) is 5.25. The number of hydrogen-bond donors (Lipinski definition) is 1. The van der Waals surface area contributed by atoms with Crippen LogP contribution in [0.15, 0.2) is 24.5 Å². The highest BCUT2D eigenvalue weighted by atomic mass is 15.0. The molecule has 0 aromatic carbocycles. The van der Waals surface area contributed by atoms with Crippen molar-refractivity contribution in [3.05, 3.63) is 30.1 Å². The summed E-state index contributed by atoms with van der Waals surface area (Å²) in [6.07, 6.45) is 9.94. The maximum Gasteiger partial charge on any atom is 0.140 e. The van der Waals surface area contributed by atoms with Gasteiger partial charge in [0.05, 0.1) is 0 Å². The smallest absolute Gasteiger partial charge is 0.140 e. The van der Waals surface area contributed by atoms with Crippen molar-refractivity contribution in [3.8, 4) is 0 Å². The molecule has 2 fully saturated rings. The van der Waals surface area contributed by atoms with Gasteiger partial charge in [-0.3, -0.25) is 0 Å². The number of pyridine rings is 1. The molecular formula is C16H21N3. The molecule has 0 saturated heterocycles. The average Bonchev–Trinajstić information content (AvgIpc) is 3.13. The van der Waals surface area contributed by atoms with Crippen LogP contribution in [0.5, 0.6) is 0 Å². The molecule has 3 unspecified atom stereocenters. The van der Waals surface area contributed by atoms with E-state index in [0.29, 0.717) is 6.54 Å². The van der Waals surface area contributed by atoms with Crippen LogP contribution in [0.2, 0.25) is 0 Å². The fourth-order valence-corrected chi connectivity index (χ4v) is 4.35. The second kappa shape index (κ2) is 4.34. The summed E-state index contributed by atoms with van der Waals surface area (Å²) in [6, 6.07) is 4.14. The Kier molecular flexibility index (Phi) is 2.62. The van der Waals surface area contributed by atoms with Crippen molar-refractivity contribution in [2.45, 2.75) is 38.8 Å². The maximum atomic E-state index is 5.86. The highest BCUT2D eigenvalue weighted by molar-refractivity contribution is 5.80. The monoisotopic (exact) mass is 255 g/mol. The van der Waals surface area contributed by atoms with E-state index >= 15 is 0 Å². The van der Waals surface area contributed by atoms with Crippen LogP contribution in [0, 0.1) is 17.8 Å². The van der Waals surface area contributed by atoms with Crippen LogP contribution < -0.4 is 5.73 Å². The maximum absolute atomic E-state index is 5.86. The van der Waals surface area contributed by atoms with E-state index in [9.17, 15) is 0 Å². The summed E-state index contributed by atoms with van der Waals surface area (Å²) in [7, 11) is 0. The molecule has 0 aliphatic heterocycles. The van der Waals surface area contributed by atoms with Crippen molar-refractivity contribution in [1.29, 1.82) is 0 Å². The molecule has 2 aromatic rings. The standard InChI is InChI=1S/C16H21N3/c17-8-14-10-19(16-15(14)2-1-5-18-16)9-13-7-11-3-4-12(13)6-11/h1-2,5,10-13H,3-4,6-9,17H2. The Morgan fingerprint density at radius 2 is 2.26 bits per heavy atom. The molecule has 2 heterocycles. The van der Waals surface area contributed by atoms with Crippen LogP contribution in [0.25, 0.3) is 11.0 Å². The fourth-order valence-electron chi connectivity index (χ4n) is 4.35. The van der Waals surface area contributed by atoms with Gasteiger partial charge in [0.15, 0.2) is 0 Å². The molecule has 2 aromatic heterocycles. The molecule has 4 rings (SSSR count). The number of fused-ring (bicyclic) bond motifs is 3. The van der Waals surface area contributed by atoms with E-state index in [1.165, 1.54) is 36.6 Å². The van der Waals surface area contributed by atoms with Crippen LogP contribution >= 0.6 is 0 Å². The molecule has 3 atom stereocenters. The highest BCUT2D eigenvalue weighted by Crippen LogP contribution is 2.49. The van der Waals surface area contributed by atoms with Gasteiger partial charge in [-0.05, 0) is 54.7 Å². The lowest BCUT2D eigenvalue weighted by atomic mass is 9.89. The number of hydrogen-bond acceptors (Lipinski definition) is 2. The topological polar surface area (TPSA) is 43.8 Å². The summed E-state index contributed by atoms with van der Waals surface area (Å²) in [5.41, 5.74) is 8.20. The Balaban J connectivity index is 1.67. The van der Waals surface area contributed by atoms with E-state index < -0.39 is 0 Å². The van der Waals surface area contributed by atoms with E-state index in [4.69, 9.17) is 5.73 Å². The van der Waals surface area contributed by atoms with Crippen molar-refractivity contribution in [2.24, 2.45) is 23.5 Å². The Bertz CT molecular complexity index is 601. The normalized spacial score (nSPS) is 29.4. The van der Waals surface area contributed by atoms with Gasteiger partial charge in [-0.15, -0.1) is 0 Å². The lowest BCUT2D eigenvalue weighted by Gasteiger charge is -2.22. The summed E-state index contributed by atoms with van der Waals surface area (Å²) in [6.45, 7) is 1.74. The van der Waals surface area contributed by atoms with Gasteiger partial charge in [0.2, 0.25) is 0 Å². The zero-order chi connectivity index (χ0) is 12.8. The van der Waals surface area contributed by atoms with Crippen molar-refractivity contribution < 1.29 is 0 Å². The Labute approximate surface area is 113 Å². The Morgan fingerprint density at radius 1 is 1.32 bits per heavy atom. The molecule has 3 heteroatoms. The number of nitrogens with two attached hydrogens (primary N) is 1. The average molecular weight is 255 g/mol. The van der Waals surface area contributed by atoms with Gasteiger partial charge >= 0.3 is 0 Å². The predicted molar refractivity (Wildman–Crippen MR) is 76.6 cm³/mol. The lowest BCUT2D eigenvalue weighted by Crippen LogP contribution is -2.17. The quantitative estimate of drug-likeness (QED) is 0.916. The van der Waals surface area contributed by atoms with E-state index in [1.807, 2.05) is 12.3 Å². The van der Waals surface area contributed by atoms with Gasteiger partial charge in [-0.1, -0.05) is 6.42 Å². The van der Waals surface area contributed by atoms with E-state index in [2.05, 4.69) is 21.8 Å². The molecule has 100 valence electrons. The number of nitrogens with zero attached hydrogens (tertiary/aromatic N) is 2. The Morgan fingerprint density at radius 3 is 3.00 bits per heavy atom. The molecule has 2 bridgehead atoms. The second-order valence-electron chi connectivity index (χ2n) is 6.32. The Hall–Kier alpha value is -1.35. The lowest BCUT2D eigenvalue weighted by molar-refractivity contribution is 0.298. The summed E-state index contributed by atoms with van der Waals surface area (Å²) in [5, 5.41) is 1.23. The van der Waals surface area contributed by atoms with Gasteiger partial charge in [-0.25, -0.2) is 4.98 Å². The molecule has 2 N–H and O–H groups in total. The second-order valence-corrected chi connectivity index (χ2v) is 6.32. The summed E-state index contributed by atoms with van der Waals surface area (Å²) >= 11 is 0. The first-order chi connectivity index (χ1) is 9.35. The van der Waals surface area contributed by atoms with Crippen LogP contribution in [0.1, 0.15) is 31.2 Å². The van der Waals surface area contributed by atoms with Gasteiger partial charge in [0.1, 0.15) is 5.65 Å².